The number of nitrogens with zero attached hydrogens (tertiary/aromatic N) is 1. The largest absolute Gasteiger partial charge is 0.370 e. The van der Waals surface area contributed by atoms with E-state index in [4.69, 9.17) is 4.74 Å². The second kappa shape index (κ2) is 5.59. The first-order valence-electron chi connectivity index (χ1n) is 3.07. The lowest BCUT2D eigenvalue weighted by molar-refractivity contribution is 0.0839. The van der Waals surface area contributed by atoms with Crippen LogP contribution in [0.15, 0.2) is 0 Å². The zero-order valence-electron chi connectivity index (χ0n) is 5.98. The maximum Gasteiger partial charge on any atom is 0.324 e. The van der Waals surface area contributed by atoms with Gasteiger partial charge in [0.25, 0.3) is 0 Å². The molecule has 0 spiro atoms. The van der Waals surface area contributed by atoms with Crippen LogP contribution in [0, 0.1) is 0 Å². The lowest BCUT2D eigenvalue weighted by Gasteiger charge is -2.13. The van der Waals surface area contributed by atoms with Gasteiger partial charge >= 0.3 is 16.5 Å². The molecule has 0 aromatic rings. The monoisotopic (exact) mass is 131 g/mol. The molecule has 0 aromatic carbocycles. The Morgan fingerprint density at radius 2 is 2.12 bits per heavy atom. The van der Waals surface area contributed by atoms with Crippen LogP contribution in [-0.2, 0) is 4.74 Å². The van der Waals surface area contributed by atoms with Gasteiger partial charge in [-0.1, -0.05) is 6.92 Å². The Morgan fingerprint density at radius 3 is 2.50 bits per heavy atom. The van der Waals surface area contributed by atoms with Crippen LogP contribution in [0.25, 0.3) is 0 Å². The van der Waals surface area contributed by atoms with Crippen LogP contribution in [0.3, 0.4) is 0 Å². The molecular weight excluding hydrogens is 117 g/mol. The molecule has 0 aliphatic carbocycles. The third-order valence-corrected chi connectivity index (χ3v) is 1.95. The van der Waals surface area contributed by atoms with Crippen molar-refractivity contribution in [2.45, 2.75) is 13.8 Å². The molecule has 2 nitrogen and oxygen atoms in total. The summed E-state index contributed by atoms with van der Waals surface area (Å²) < 4.78 is 7.40. The minimum absolute atomic E-state index is 0.819. The van der Waals surface area contributed by atoms with Gasteiger partial charge < -0.3 is 8.62 Å². The minimum Gasteiger partial charge on any atom is -0.370 e. The summed E-state index contributed by atoms with van der Waals surface area (Å²) in [7, 11) is 0. The summed E-state index contributed by atoms with van der Waals surface area (Å²) in [5.41, 5.74) is 0. The molecule has 0 fully saturated rings. The maximum absolute atomic E-state index is 5.15. The van der Waals surface area contributed by atoms with Crippen LogP contribution < -0.4 is 0 Å². The molecule has 0 aromatic heterocycles. The van der Waals surface area contributed by atoms with Crippen LogP contribution in [0.2, 0.25) is 0 Å². The second-order valence-electron chi connectivity index (χ2n) is 1.79. The van der Waals surface area contributed by atoms with Crippen molar-refractivity contribution in [2.24, 2.45) is 0 Å². The third-order valence-electron chi connectivity index (χ3n) is 1.06. The second-order valence-corrected chi connectivity index (χ2v) is 3.06. The first kappa shape index (κ1) is 8.45. The first-order chi connectivity index (χ1) is 3.81. The summed E-state index contributed by atoms with van der Waals surface area (Å²) in [4.78, 5) is 0. The Bertz CT molecular complexity index is 51.7. The maximum atomic E-state index is 5.15. The third kappa shape index (κ3) is 4.61. The van der Waals surface area contributed by atoms with Crippen LogP contribution in [0.1, 0.15) is 13.8 Å². The average Bonchev–Trinajstić information content (AvgIpc) is 1.83. The van der Waals surface area contributed by atoms with Crippen molar-refractivity contribution in [1.82, 2.24) is 3.88 Å². The highest BCUT2D eigenvalue weighted by Crippen LogP contribution is 1.79. The summed E-state index contributed by atoms with van der Waals surface area (Å²) >= 11 is 1.11. The van der Waals surface area contributed by atoms with E-state index in [0.717, 1.165) is 36.4 Å². The van der Waals surface area contributed by atoms with Crippen molar-refractivity contribution < 1.29 is 4.74 Å². The van der Waals surface area contributed by atoms with Crippen LogP contribution in [-0.4, -0.2) is 40.3 Å². The Kier molecular flexibility index (Phi) is 5.90. The Hall–Kier alpha value is 0.452. The summed E-state index contributed by atoms with van der Waals surface area (Å²) in [5.74, 6) is 0. The molecule has 0 aliphatic heterocycles. The number of ether oxygens (including phenoxy) is 1. The zero-order valence-corrected chi connectivity index (χ0v) is 7.98. The fourth-order valence-electron chi connectivity index (χ4n) is 0.338. The van der Waals surface area contributed by atoms with E-state index in [-0.39, 0.29) is 0 Å². The zero-order chi connectivity index (χ0) is 6.41. The SMILES string of the molecule is CCOC[N]([AlH2])CC. The van der Waals surface area contributed by atoms with E-state index in [0.29, 0.717) is 0 Å². The lowest BCUT2D eigenvalue weighted by atomic mass is 10.7. The summed E-state index contributed by atoms with van der Waals surface area (Å²) in [6, 6.07) is 0. The van der Waals surface area contributed by atoms with Gasteiger partial charge in [-0.25, -0.2) is 0 Å². The fraction of sp³-hybridized carbons (Fsp3) is 1.00. The molecule has 0 heterocycles. The highest BCUT2D eigenvalue weighted by molar-refractivity contribution is 6.04. The Labute approximate surface area is 59.5 Å². The van der Waals surface area contributed by atoms with E-state index in [2.05, 4.69) is 10.8 Å². The molecule has 0 amide bonds. The van der Waals surface area contributed by atoms with Crippen LogP contribution in [0.4, 0.5) is 0 Å². The molecule has 0 radical (unpaired) electrons. The van der Waals surface area contributed by atoms with E-state index < -0.39 is 0 Å². The van der Waals surface area contributed by atoms with Crippen molar-refractivity contribution in [1.29, 1.82) is 0 Å². The van der Waals surface area contributed by atoms with Gasteiger partial charge in [0.05, 0.1) is 6.73 Å². The molecule has 0 atom stereocenters. The topological polar surface area (TPSA) is 12.5 Å². The van der Waals surface area contributed by atoms with Gasteiger partial charge in [0.2, 0.25) is 0 Å². The molecular formula is C5H14AlNO. The van der Waals surface area contributed by atoms with E-state index in [1.165, 1.54) is 0 Å². The Morgan fingerprint density at radius 1 is 1.50 bits per heavy atom. The van der Waals surface area contributed by atoms with Gasteiger partial charge in [0.15, 0.2) is 0 Å². The van der Waals surface area contributed by atoms with Gasteiger partial charge in [-0.05, 0) is 13.5 Å². The summed E-state index contributed by atoms with van der Waals surface area (Å²) in [6.45, 7) is 6.93. The standard InChI is InChI=1S/C5H12NO.Al.2H/c1-3-6-5-7-4-2;;;/h3-5H2,1-2H3;;;/q-1;+1;;. The smallest absolute Gasteiger partial charge is 0.324 e. The highest BCUT2D eigenvalue weighted by Gasteiger charge is 1.88. The molecule has 0 saturated carbocycles. The van der Waals surface area contributed by atoms with Crippen LogP contribution in [0.5, 0.6) is 0 Å². The van der Waals surface area contributed by atoms with Crippen molar-refractivity contribution in [3.8, 4) is 0 Å². The van der Waals surface area contributed by atoms with Crippen molar-refractivity contribution in [2.75, 3.05) is 19.9 Å². The van der Waals surface area contributed by atoms with Crippen molar-refractivity contribution >= 4 is 16.5 Å². The van der Waals surface area contributed by atoms with Gasteiger partial charge in [-0.3, -0.25) is 0 Å². The molecule has 0 rings (SSSR count). The number of hydrogen-bond donors (Lipinski definition) is 0. The van der Waals surface area contributed by atoms with Crippen LogP contribution >= 0.6 is 0 Å². The fourth-order valence-corrected chi connectivity index (χ4v) is 0.521. The molecule has 0 bridgehead atoms. The van der Waals surface area contributed by atoms with E-state index in [1.54, 1.807) is 0 Å². The van der Waals surface area contributed by atoms with Gasteiger partial charge in [-0.2, -0.15) is 0 Å². The number of hydrogen-bond acceptors (Lipinski definition) is 2. The molecule has 3 heteroatoms. The summed E-state index contributed by atoms with van der Waals surface area (Å²) in [6.07, 6.45) is 0. The minimum atomic E-state index is 0.819. The molecule has 0 saturated heterocycles. The molecule has 8 heavy (non-hydrogen) atoms. The Balaban J connectivity index is 2.86. The van der Waals surface area contributed by atoms with Gasteiger partial charge in [0, 0.05) is 6.61 Å². The van der Waals surface area contributed by atoms with Crippen molar-refractivity contribution in [3.63, 3.8) is 0 Å². The van der Waals surface area contributed by atoms with Gasteiger partial charge in [-0.15, -0.1) is 0 Å². The molecule has 48 valence electrons. The van der Waals surface area contributed by atoms with E-state index in [1.807, 2.05) is 6.92 Å². The quantitative estimate of drug-likeness (QED) is 0.388. The van der Waals surface area contributed by atoms with E-state index >= 15 is 0 Å². The first-order valence-corrected chi connectivity index (χ1v) is 3.97. The highest BCUT2D eigenvalue weighted by atomic mass is 27.1. The lowest BCUT2D eigenvalue weighted by Crippen LogP contribution is -2.22. The molecule has 0 N–H and O–H groups in total. The van der Waals surface area contributed by atoms with E-state index in [9.17, 15) is 0 Å². The number of rotatable bonds is 4. The van der Waals surface area contributed by atoms with Crippen molar-refractivity contribution in [3.05, 3.63) is 0 Å². The molecule has 0 aliphatic rings. The predicted molar refractivity (Wildman–Crippen MR) is 37.4 cm³/mol. The summed E-state index contributed by atoms with van der Waals surface area (Å²) in [5, 5.41) is 0. The van der Waals surface area contributed by atoms with Gasteiger partial charge in [0.1, 0.15) is 0 Å². The predicted octanol–water partition coefficient (Wildman–Crippen LogP) is -0.150. The average molecular weight is 131 g/mol. The molecule has 0 unspecified atom stereocenters. The normalized spacial score (nSPS) is 10.4.